The Morgan fingerprint density at radius 1 is 1.00 bits per heavy atom. The summed E-state index contributed by atoms with van der Waals surface area (Å²) < 4.78 is 19.3. The normalized spacial score (nSPS) is 11.9. The number of fused-ring (bicyclic) bond motifs is 2. The van der Waals surface area contributed by atoms with Crippen molar-refractivity contribution in [2.24, 2.45) is 0 Å². The van der Waals surface area contributed by atoms with Crippen molar-refractivity contribution in [1.82, 2.24) is 9.97 Å². The molecule has 34 heavy (non-hydrogen) atoms. The number of carbonyl (C=O) groups excluding carboxylic acids is 1. The third-order valence-electron chi connectivity index (χ3n) is 5.50. The Morgan fingerprint density at radius 3 is 2.50 bits per heavy atom. The van der Waals surface area contributed by atoms with E-state index in [0.29, 0.717) is 28.8 Å². The first-order valence-electron chi connectivity index (χ1n) is 10.9. The monoisotopic (exact) mass is 471 g/mol. The number of nitrogens with zero attached hydrogens (tertiary/aromatic N) is 2. The van der Waals surface area contributed by atoms with Crippen LogP contribution in [0, 0.1) is 19.7 Å². The molecule has 0 unspecified atom stereocenters. The number of aromatic nitrogens is 2. The van der Waals surface area contributed by atoms with Crippen molar-refractivity contribution in [2.75, 3.05) is 11.1 Å². The average molecular weight is 472 g/mol. The molecule has 0 atom stereocenters. The molecule has 1 aliphatic heterocycles. The lowest BCUT2D eigenvalue weighted by Crippen LogP contribution is -2.15. The number of halogens is 1. The summed E-state index contributed by atoms with van der Waals surface area (Å²) >= 11 is 1.34. The van der Waals surface area contributed by atoms with Gasteiger partial charge in [0.05, 0.1) is 11.3 Å². The molecule has 1 aromatic heterocycles. The van der Waals surface area contributed by atoms with Crippen LogP contribution in [-0.2, 0) is 11.2 Å². The third-order valence-corrected chi connectivity index (χ3v) is 6.52. The molecule has 5 rings (SSSR count). The highest BCUT2D eigenvalue weighted by Gasteiger charge is 2.25. The van der Waals surface area contributed by atoms with Gasteiger partial charge in [0.15, 0.2) is 5.82 Å². The van der Waals surface area contributed by atoms with Crippen LogP contribution in [0.25, 0.3) is 11.4 Å². The zero-order valence-electron chi connectivity index (χ0n) is 18.8. The Balaban J connectivity index is 1.44. The summed E-state index contributed by atoms with van der Waals surface area (Å²) in [6.07, 6.45) is 0.627. The van der Waals surface area contributed by atoms with Crippen LogP contribution in [0.15, 0.2) is 71.8 Å². The lowest BCUT2D eigenvalue weighted by Gasteiger charge is -2.22. The second-order valence-electron chi connectivity index (χ2n) is 8.24. The fourth-order valence-electron chi connectivity index (χ4n) is 3.74. The number of anilines is 1. The van der Waals surface area contributed by atoms with Crippen LogP contribution in [0.1, 0.15) is 22.3 Å². The second-order valence-corrected chi connectivity index (χ2v) is 9.20. The zero-order valence-corrected chi connectivity index (χ0v) is 19.6. The molecule has 170 valence electrons. The van der Waals surface area contributed by atoms with E-state index in [4.69, 9.17) is 14.7 Å². The van der Waals surface area contributed by atoms with E-state index in [0.717, 1.165) is 33.6 Å². The van der Waals surface area contributed by atoms with Gasteiger partial charge in [0.25, 0.3) is 0 Å². The fraction of sp³-hybridized carbons (Fsp3) is 0.148. The second kappa shape index (κ2) is 9.27. The minimum Gasteiger partial charge on any atom is -0.438 e. The van der Waals surface area contributed by atoms with Gasteiger partial charge in [0.2, 0.25) is 11.8 Å². The number of hydrogen-bond donors (Lipinski definition) is 1. The topological polar surface area (TPSA) is 64.1 Å². The zero-order chi connectivity index (χ0) is 23.7. The van der Waals surface area contributed by atoms with E-state index < -0.39 is 0 Å². The smallest absolute Gasteiger partial charge is 0.234 e. The lowest BCUT2D eigenvalue weighted by molar-refractivity contribution is -0.113. The summed E-state index contributed by atoms with van der Waals surface area (Å²) in [5.41, 5.74) is 5.66. The highest BCUT2D eigenvalue weighted by atomic mass is 32.2. The number of aryl methyl sites for hydroxylation is 2. The summed E-state index contributed by atoms with van der Waals surface area (Å²) in [5.74, 6) is 1.46. The molecular formula is C27H22FN3O2S. The van der Waals surface area contributed by atoms with E-state index in [-0.39, 0.29) is 17.5 Å². The first kappa shape index (κ1) is 22.1. The SMILES string of the molecule is Cc1ccc(-c2nc3c(c(SCC(=O)Nc4ccc(F)cc4)n2)Cc2cc(C)ccc2O3)cc1. The maximum absolute atomic E-state index is 13.1. The van der Waals surface area contributed by atoms with Gasteiger partial charge < -0.3 is 10.1 Å². The molecule has 0 aliphatic carbocycles. The highest BCUT2D eigenvalue weighted by Crippen LogP contribution is 2.40. The first-order valence-corrected chi connectivity index (χ1v) is 11.9. The van der Waals surface area contributed by atoms with Gasteiger partial charge in [-0.05, 0) is 49.7 Å². The molecule has 0 saturated carbocycles. The molecule has 1 aliphatic rings. The van der Waals surface area contributed by atoms with Crippen LogP contribution in [0.3, 0.4) is 0 Å². The van der Waals surface area contributed by atoms with Gasteiger partial charge in [-0.25, -0.2) is 9.37 Å². The van der Waals surface area contributed by atoms with Crippen LogP contribution in [0.2, 0.25) is 0 Å². The first-order chi connectivity index (χ1) is 16.4. The Hall–Kier alpha value is -3.71. The van der Waals surface area contributed by atoms with Crippen molar-refractivity contribution in [3.05, 3.63) is 94.8 Å². The van der Waals surface area contributed by atoms with Crippen LogP contribution < -0.4 is 10.1 Å². The summed E-state index contributed by atoms with van der Waals surface area (Å²) in [6.45, 7) is 4.07. The molecule has 0 radical (unpaired) electrons. The number of benzene rings is 3. The standard InChI is InChI=1S/C27H22FN3O2S/c1-16-3-6-18(7-4-16)25-30-26-22(14-19-13-17(2)5-12-23(19)33-26)27(31-25)34-15-24(32)29-21-10-8-20(28)9-11-21/h3-13H,14-15H2,1-2H3,(H,29,32). The molecule has 1 amide bonds. The fourth-order valence-corrected chi connectivity index (χ4v) is 4.56. The molecule has 4 aromatic rings. The summed E-state index contributed by atoms with van der Waals surface area (Å²) in [7, 11) is 0. The van der Waals surface area contributed by atoms with Gasteiger partial charge in [0, 0.05) is 17.7 Å². The summed E-state index contributed by atoms with van der Waals surface area (Å²) in [4.78, 5) is 22.1. The van der Waals surface area contributed by atoms with Crippen molar-refractivity contribution in [3.8, 4) is 23.0 Å². The predicted molar refractivity (Wildman–Crippen MR) is 132 cm³/mol. The van der Waals surface area contributed by atoms with Crippen LogP contribution in [0.5, 0.6) is 11.6 Å². The molecule has 2 heterocycles. The molecule has 5 nitrogen and oxygen atoms in total. The molecule has 0 spiro atoms. The number of amides is 1. The number of rotatable bonds is 5. The van der Waals surface area contributed by atoms with Gasteiger partial charge >= 0.3 is 0 Å². The Bertz CT molecular complexity index is 1370. The minimum absolute atomic E-state index is 0.148. The maximum Gasteiger partial charge on any atom is 0.234 e. The number of nitrogens with one attached hydrogen (secondary N) is 1. The molecule has 1 N–H and O–H groups in total. The Kier molecular flexibility index (Phi) is 6.02. The van der Waals surface area contributed by atoms with Gasteiger partial charge in [-0.2, -0.15) is 4.98 Å². The number of thioether (sulfide) groups is 1. The summed E-state index contributed by atoms with van der Waals surface area (Å²) in [6, 6.07) is 19.8. The predicted octanol–water partition coefficient (Wildman–Crippen LogP) is 6.33. The van der Waals surface area contributed by atoms with Crippen molar-refractivity contribution in [3.63, 3.8) is 0 Å². The molecular weight excluding hydrogens is 449 g/mol. The summed E-state index contributed by atoms with van der Waals surface area (Å²) in [5, 5.41) is 3.50. The molecule has 0 saturated heterocycles. The Morgan fingerprint density at radius 2 is 1.74 bits per heavy atom. The minimum atomic E-state index is -0.348. The third kappa shape index (κ3) is 4.79. The van der Waals surface area contributed by atoms with Crippen molar-refractivity contribution >= 4 is 23.4 Å². The van der Waals surface area contributed by atoms with Gasteiger partial charge in [-0.15, -0.1) is 0 Å². The molecule has 0 bridgehead atoms. The molecule has 3 aromatic carbocycles. The highest BCUT2D eigenvalue weighted by molar-refractivity contribution is 8.00. The van der Waals surface area contributed by atoms with E-state index in [9.17, 15) is 9.18 Å². The lowest BCUT2D eigenvalue weighted by atomic mass is 10.0. The average Bonchev–Trinajstić information content (AvgIpc) is 2.83. The van der Waals surface area contributed by atoms with E-state index in [1.165, 1.54) is 36.0 Å². The number of carbonyl (C=O) groups is 1. The van der Waals surface area contributed by atoms with E-state index in [1.54, 1.807) is 0 Å². The maximum atomic E-state index is 13.1. The van der Waals surface area contributed by atoms with Crippen LogP contribution in [0.4, 0.5) is 10.1 Å². The van der Waals surface area contributed by atoms with Gasteiger partial charge in [-0.3, -0.25) is 4.79 Å². The molecule has 0 fully saturated rings. The largest absolute Gasteiger partial charge is 0.438 e. The van der Waals surface area contributed by atoms with Gasteiger partial charge in [-0.1, -0.05) is 59.3 Å². The van der Waals surface area contributed by atoms with E-state index >= 15 is 0 Å². The van der Waals surface area contributed by atoms with Crippen molar-refractivity contribution < 1.29 is 13.9 Å². The van der Waals surface area contributed by atoms with Crippen LogP contribution in [-0.4, -0.2) is 21.6 Å². The van der Waals surface area contributed by atoms with E-state index in [1.807, 2.05) is 50.2 Å². The van der Waals surface area contributed by atoms with E-state index in [2.05, 4.69) is 11.4 Å². The quantitative estimate of drug-likeness (QED) is 0.240. The van der Waals surface area contributed by atoms with Crippen molar-refractivity contribution in [2.45, 2.75) is 25.3 Å². The van der Waals surface area contributed by atoms with Crippen LogP contribution >= 0.6 is 11.8 Å². The van der Waals surface area contributed by atoms with Crippen molar-refractivity contribution in [1.29, 1.82) is 0 Å². The number of ether oxygens (including phenoxy) is 1. The number of hydrogen-bond acceptors (Lipinski definition) is 5. The molecule has 7 heteroatoms. The Labute approximate surface area is 201 Å². The van der Waals surface area contributed by atoms with Gasteiger partial charge in [0.1, 0.15) is 16.6 Å².